The third kappa shape index (κ3) is 1.57. The Bertz CT molecular complexity index is 497. The molecule has 7 heteroatoms. The molecule has 1 aromatic rings. The van der Waals surface area contributed by atoms with Crippen LogP contribution < -0.4 is 11.3 Å². The van der Waals surface area contributed by atoms with Crippen LogP contribution in [0, 0.1) is 34.3 Å². The van der Waals surface area contributed by atoms with Crippen LogP contribution >= 0.6 is 11.6 Å². The molecule has 0 aromatic heterocycles. The van der Waals surface area contributed by atoms with Gasteiger partial charge in [-0.3, -0.25) is 5.84 Å². The van der Waals surface area contributed by atoms with Crippen molar-refractivity contribution in [2.45, 2.75) is 0 Å². The Labute approximate surface area is 88.4 Å². The number of hydrogen-bond donors (Lipinski definition) is 2. The summed E-state index contributed by atoms with van der Waals surface area (Å²) < 4.78 is 26.5. The number of nitrogen functional groups attached to an aromatic ring is 1. The van der Waals surface area contributed by atoms with E-state index in [4.69, 9.17) is 28.0 Å². The van der Waals surface area contributed by atoms with E-state index in [0.29, 0.717) is 0 Å². The topological polar surface area (TPSA) is 85.6 Å². The van der Waals surface area contributed by atoms with E-state index >= 15 is 0 Å². The summed E-state index contributed by atoms with van der Waals surface area (Å²) in [7, 11) is 0. The Kier molecular flexibility index (Phi) is 3.05. The van der Waals surface area contributed by atoms with Crippen LogP contribution in [-0.2, 0) is 0 Å². The summed E-state index contributed by atoms with van der Waals surface area (Å²) in [6.45, 7) is 0. The summed E-state index contributed by atoms with van der Waals surface area (Å²) in [6.07, 6.45) is 0. The number of halogens is 3. The molecule has 0 aliphatic rings. The van der Waals surface area contributed by atoms with Gasteiger partial charge in [-0.1, -0.05) is 11.6 Å². The molecule has 1 rings (SSSR count). The maximum Gasteiger partial charge on any atom is 0.164 e. The van der Waals surface area contributed by atoms with Crippen LogP contribution in [0.25, 0.3) is 0 Å². The van der Waals surface area contributed by atoms with Crippen molar-refractivity contribution in [2.75, 3.05) is 5.43 Å². The number of benzene rings is 1. The van der Waals surface area contributed by atoms with Crippen LogP contribution in [0.4, 0.5) is 14.5 Å². The molecular formula is C8H3ClF2N4. The number of anilines is 1. The summed E-state index contributed by atoms with van der Waals surface area (Å²) in [5, 5.41) is 16.5. The van der Waals surface area contributed by atoms with E-state index in [2.05, 4.69) is 0 Å². The van der Waals surface area contributed by atoms with Gasteiger partial charge in [0.25, 0.3) is 0 Å². The molecule has 0 bridgehead atoms. The van der Waals surface area contributed by atoms with Crippen LogP contribution in [0.3, 0.4) is 0 Å². The highest BCUT2D eigenvalue weighted by Gasteiger charge is 2.23. The van der Waals surface area contributed by atoms with Gasteiger partial charge < -0.3 is 5.43 Å². The predicted molar refractivity (Wildman–Crippen MR) is 48.6 cm³/mol. The fourth-order valence-corrected chi connectivity index (χ4v) is 1.24. The van der Waals surface area contributed by atoms with Gasteiger partial charge in [-0.2, -0.15) is 10.5 Å². The maximum atomic E-state index is 13.3. The van der Waals surface area contributed by atoms with Crippen LogP contribution in [0.1, 0.15) is 11.1 Å². The molecule has 0 saturated carbocycles. The first-order valence-corrected chi connectivity index (χ1v) is 3.93. The minimum Gasteiger partial charge on any atom is -0.321 e. The maximum absolute atomic E-state index is 13.3. The lowest BCUT2D eigenvalue weighted by atomic mass is 10.1. The number of nitrogens with zero attached hydrogens (tertiary/aromatic N) is 2. The molecular weight excluding hydrogens is 226 g/mol. The van der Waals surface area contributed by atoms with Gasteiger partial charge in [0.15, 0.2) is 11.6 Å². The molecule has 15 heavy (non-hydrogen) atoms. The van der Waals surface area contributed by atoms with Crippen LogP contribution in [-0.4, -0.2) is 0 Å². The predicted octanol–water partition coefficient (Wildman–Crippen LogP) is 1.65. The van der Waals surface area contributed by atoms with Gasteiger partial charge >= 0.3 is 0 Å². The first kappa shape index (κ1) is 11.2. The molecule has 0 aliphatic carbocycles. The largest absolute Gasteiger partial charge is 0.321 e. The zero-order valence-electron chi connectivity index (χ0n) is 7.11. The van der Waals surface area contributed by atoms with Crippen LogP contribution in [0.5, 0.6) is 0 Å². The smallest absolute Gasteiger partial charge is 0.164 e. The van der Waals surface area contributed by atoms with Gasteiger partial charge in [0.1, 0.15) is 28.3 Å². The van der Waals surface area contributed by atoms with E-state index in [1.54, 1.807) is 0 Å². The lowest BCUT2D eigenvalue weighted by molar-refractivity contribution is 0.575. The minimum absolute atomic E-state index is 0.381. The van der Waals surface area contributed by atoms with Crippen molar-refractivity contribution >= 4 is 17.3 Å². The highest BCUT2D eigenvalue weighted by Crippen LogP contribution is 2.32. The molecule has 76 valence electrons. The van der Waals surface area contributed by atoms with Crippen molar-refractivity contribution in [3.63, 3.8) is 0 Å². The normalized spacial score (nSPS) is 9.20. The monoisotopic (exact) mass is 228 g/mol. The molecule has 0 amide bonds. The SMILES string of the molecule is N#Cc1c(F)c(Cl)c(NN)c(C#N)c1F. The molecule has 0 spiro atoms. The lowest BCUT2D eigenvalue weighted by Crippen LogP contribution is -2.12. The Balaban J connectivity index is 3.77. The van der Waals surface area contributed by atoms with Crippen LogP contribution in [0.15, 0.2) is 0 Å². The molecule has 0 saturated heterocycles. The Morgan fingerprint density at radius 3 is 2.07 bits per heavy atom. The molecule has 4 nitrogen and oxygen atoms in total. The number of nitrogens with one attached hydrogen (secondary N) is 1. The Morgan fingerprint density at radius 1 is 1.13 bits per heavy atom. The van der Waals surface area contributed by atoms with E-state index in [1.165, 1.54) is 12.1 Å². The zero-order chi connectivity index (χ0) is 11.6. The summed E-state index contributed by atoms with van der Waals surface area (Å²) in [5.74, 6) is 2.43. The van der Waals surface area contributed by atoms with Gasteiger partial charge in [0, 0.05) is 0 Å². The molecule has 0 aliphatic heterocycles. The fraction of sp³-hybridized carbons (Fsp3) is 0. The Morgan fingerprint density at radius 2 is 1.67 bits per heavy atom. The molecule has 0 unspecified atom stereocenters. The second kappa shape index (κ2) is 4.09. The minimum atomic E-state index is -1.28. The number of hydrazine groups is 1. The van der Waals surface area contributed by atoms with Gasteiger partial charge in [-0.15, -0.1) is 0 Å². The van der Waals surface area contributed by atoms with Gasteiger partial charge in [-0.05, 0) is 0 Å². The summed E-state index contributed by atoms with van der Waals surface area (Å²) in [6, 6.07) is 2.71. The van der Waals surface area contributed by atoms with Gasteiger partial charge in [0.05, 0.1) is 5.69 Å². The second-order valence-corrected chi connectivity index (χ2v) is 2.81. The summed E-state index contributed by atoms with van der Waals surface area (Å²) in [4.78, 5) is 0. The van der Waals surface area contributed by atoms with Crippen LogP contribution in [0.2, 0.25) is 5.02 Å². The highest BCUT2D eigenvalue weighted by atomic mass is 35.5. The average Bonchev–Trinajstić information content (AvgIpc) is 2.23. The summed E-state index contributed by atoms with van der Waals surface area (Å²) >= 11 is 5.45. The zero-order valence-corrected chi connectivity index (χ0v) is 7.86. The number of hydrogen-bond acceptors (Lipinski definition) is 4. The van der Waals surface area contributed by atoms with Gasteiger partial charge in [0.2, 0.25) is 0 Å². The fourth-order valence-electron chi connectivity index (χ4n) is 0.999. The van der Waals surface area contributed by atoms with Crippen molar-refractivity contribution in [1.29, 1.82) is 10.5 Å². The molecule has 0 fully saturated rings. The van der Waals surface area contributed by atoms with Crippen molar-refractivity contribution < 1.29 is 8.78 Å². The third-order valence-electron chi connectivity index (χ3n) is 1.69. The number of nitrogens with two attached hydrogens (primary N) is 1. The van der Waals surface area contributed by atoms with Crippen molar-refractivity contribution in [3.05, 3.63) is 27.8 Å². The van der Waals surface area contributed by atoms with E-state index < -0.39 is 27.8 Å². The quantitative estimate of drug-likeness (QED) is 0.435. The third-order valence-corrected chi connectivity index (χ3v) is 2.04. The van der Waals surface area contributed by atoms with E-state index in [9.17, 15) is 8.78 Å². The number of nitriles is 2. The number of rotatable bonds is 1. The highest BCUT2D eigenvalue weighted by molar-refractivity contribution is 6.33. The average molecular weight is 229 g/mol. The van der Waals surface area contributed by atoms with Crippen molar-refractivity contribution in [2.24, 2.45) is 5.84 Å². The second-order valence-electron chi connectivity index (χ2n) is 2.43. The molecule has 3 N–H and O–H groups in total. The standard InChI is InChI=1S/C8H3ClF2N4/c9-5-7(11)3(1-12)6(10)4(2-13)8(5)15-14/h15H,14H2. The van der Waals surface area contributed by atoms with Crippen molar-refractivity contribution in [3.8, 4) is 12.1 Å². The molecule has 0 heterocycles. The van der Waals surface area contributed by atoms with Crippen molar-refractivity contribution in [1.82, 2.24) is 0 Å². The molecule has 0 atom stereocenters. The Hall–Kier alpha value is -1.89. The van der Waals surface area contributed by atoms with E-state index in [1.807, 2.05) is 5.43 Å². The lowest BCUT2D eigenvalue weighted by Gasteiger charge is -2.08. The first-order chi connectivity index (χ1) is 7.08. The first-order valence-electron chi connectivity index (χ1n) is 3.55. The van der Waals surface area contributed by atoms with E-state index in [0.717, 1.165) is 0 Å². The van der Waals surface area contributed by atoms with Gasteiger partial charge in [-0.25, -0.2) is 8.78 Å². The summed E-state index contributed by atoms with van der Waals surface area (Å²) in [5.41, 5.74) is 0.0189. The van der Waals surface area contributed by atoms with E-state index in [-0.39, 0.29) is 5.69 Å². The molecule has 0 radical (unpaired) electrons. The molecule has 1 aromatic carbocycles.